The first-order valence-corrected chi connectivity index (χ1v) is 5.03. The first-order valence-electron chi connectivity index (χ1n) is 4.24. The van der Waals surface area contributed by atoms with Crippen LogP contribution in [0.1, 0.15) is 18.6 Å². The molecule has 0 saturated heterocycles. The van der Waals surface area contributed by atoms with Crippen LogP contribution >= 0.6 is 15.9 Å². The van der Waals surface area contributed by atoms with Crippen LogP contribution in [0.15, 0.2) is 22.7 Å². The summed E-state index contributed by atoms with van der Waals surface area (Å²) in [5, 5.41) is 9.46. The van der Waals surface area contributed by atoms with Gasteiger partial charge in [0.15, 0.2) is 6.79 Å². The molecular formula is C10H13BrO3. The quantitative estimate of drug-likeness (QED) is 0.846. The van der Waals surface area contributed by atoms with E-state index in [0.717, 1.165) is 10.0 Å². The fourth-order valence-corrected chi connectivity index (χ4v) is 1.44. The summed E-state index contributed by atoms with van der Waals surface area (Å²) >= 11 is 3.33. The molecule has 0 heterocycles. The average Bonchev–Trinajstić information content (AvgIpc) is 2.14. The Hall–Kier alpha value is -0.580. The van der Waals surface area contributed by atoms with Crippen LogP contribution in [0.2, 0.25) is 0 Å². The van der Waals surface area contributed by atoms with Gasteiger partial charge in [-0.3, -0.25) is 0 Å². The van der Waals surface area contributed by atoms with Crippen LogP contribution in [0.5, 0.6) is 5.75 Å². The predicted molar refractivity (Wildman–Crippen MR) is 57.3 cm³/mol. The van der Waals surface area contributed by atoms with Crippen LogP contribution in [0.3, 0.4) is 0 Å². The molecule has 0 aliphatic carbocycles. The maximum Gasteiger partial charge on any atom is 0.188 e. The Morgan fingerprint density at radius 3 is 2.79 bits per heavy atom. The lowest BCUT2D eigenvalue weighted by atomic mass is 10.1. The summed E-state index contributed by atoms with van der Waals surface area (Å²) < 4.78 is 11.0. The molecule has 4 heteroatoms. The van der Waals surface area contributed by atoms with Crippen molar-refractivity contribution in [1.82, 2.24) is 0 Å². The van der Waals surface area contributed by atoms with E-state index in [0.29, 0.717) is 5.75 Å². The summed E-state index contributed by atoms with van der Waals surface area (Å²) in [7, 11) is 1.56. The van der Waals surface area contributed by atoms with E-state index in [1.54, 1.807) is 20.1 Å². The van der Waals surface area contributed by atoms with E-state index < -0.39 is 6.10 Å². The highest BCUT2D eigenvalue weighted by Gasteiger charge is 2.09. The normalized spacial score (nSPS) is 12.6. The van der Waals surface area contributed by atoms with Gasteiger partial charge in [0.1, 0.15) is 5.75 Å². The number of aliphatic hydroxyl groups is 1. The molecule has 14 heavy (non-hydrogen) atoms. The molecular weight excluding hydrogens is 248 g/mol. The van der Waals surface area contributed by atoms with Gasteiger partial charge < -0.3 is 14.6 Å². The van der Waals surface area contributed by atoms with E-state index in [4.69, 9.17) is 9.47 Å². The lowest BCUT2D eigenvalue weighted by Crippen LogP contribution is -2.03. The summed E-state index contributed by atoms with van der Waals surface area (Å²) in [5.74, 6) is 0.635. The fraction of sp³-hybridized carbons (Fsp3) is 0.400. The van der Waals surface area contributed by atoms with Crippen molar-refractivity contribution in [1.29, 1.82) is 0 Å². The third-order valence-electron chi connectivity index (χ3n) is 1.76. The van der Waals surface area contributed by atoms with Gasteiger partial charge in [-0.2, -0.15) is 0 Å². The van der Waals surface area contributed by atoms with Crippen LogP contribution in [0, 0.1) is 0 Å². The Morgan fingerprint density at radius 2 is 2.21 bits per heavy atom. The minimum Gasteiger partial charge on any atom is -0.467 e. The van der Waals surface area contributed by atoms with Gasteiger partial charge >= 0.3 is 0 Å². The molecule has 0 aliphatic rings. The number of benzene rings is 1. The minimum atomic E-state index is -0.546. The van der Waals surface area contributed by atoms with Gasteiger partial charge in [0.2, 0.25) is 0 Å². The SMILES string of the molecule is COCOc1cc(Br)ccc1[C@@H](C)O. The lowest BCUT2D eigenvalue weighted by Gasteiger charge is -2.12. The molecule has 3 nitrogen and oxygen atoms in total. The molecule has 1 aromatic carbocycles. The summed E-state index contributed by atoms with van der Waals surface area (Å²) in [4.78, 5) is 0. The zero-order chi connectivity index (χ0) is 10.6. The standard InChI is InChI=1S/C10H13BrO3/c1-7(12)9-4-3-8(11)5-10(9)14-6-13-2/h3-5,7,12H,6H2,1-2H3/t7-/m1/s1. The van der Waals surface area contributed by atoms with Crippen molar-refractivity contribution in [2.24, 2.45) is 0 Å². The number of hydrogen-bond acceptors (Lipinski definition) is 3. The first kappa shape index (κ1) is 11.5. The molecule has 1 rings (SSSR count). The van der Waals surface area contributed by atoms with Crippen molar-refractivity contribution < 1.29 is 14.6 Å². The van der Waals surface area contributed by atoms with E-state index >= 15 is 0 Å². The molecule has 0 unspecified atom stereocenters. The molecule has 0 spiro atoms. The minimum absolute atomic E-state index is 0.177. The summed E-state index contributed by atoms with van der Waals surface area (Å²) in [5.41, 5.74) is 0.755. The van der Waals surface area contributed by atoms with Crippen molar-refractivity contribution in [3.8, 4) is 5.75 Å². The molecule has 0 radical (unpaired) electrons. The van der Waals surface area contributed by atoms with Crippen molar-refractivity contribution in [3.05, 3.63) is 28.2 Å². The van der Waals surface area contributed by atoms with E-state index in [-0.39, 0.29) is 6.79 Å². The first-order chi connectivity index (χ1) is 6.65. The number of ether oxygens (including phenoxy) is 2. The van der Waals surface area contributed by atoms with Crippen LogP contribution < -0.4 is 4.74 Å². The highest BCUT2D eigenvalue weighted by molar-refractivity contribution is 9.10. The van der Waals surface area contributed by atoms with Crippen molar-refractivity contribution in [2.75, 3.05) is 13.9 Å². The van der Waals surface area contributed by atoms with Gasteiger partial charge in [-0.1, -0.05) is 22.0 Å². The van der Waals surface area contributed by atoms with Crippen molar-refractivity contribution in [3.63, 3.8) is 0 Å². The van der Waals surface area contributed by atoms with Crippen LogP contribution in [-0.2, 0) is 4.74 Å². The third-order valence-corrected chi connectivity index (χ3v) is 2.25. The van der Waals surface area contributed by atoms with E-state index in [1.165, 1.54) is 0 Å². The predicted octanol–water partition coefficient (Wildman–Crippen LogP) is 2.49. The molecule has 1 N–H and O–H groups in total. The summed E-state index contributed by atoms with van der Waals surface area (Å²) in [6, 6.07) is 5.49. The molecule has 0 saturated carbocycles. The second-order valence-electron chi connectivity index (χ2n) is 2.91. The van der Waals surface area contributed by atoms with Crippen LogP contribution in [-0.4, -0.2) is 19.0 Å². The lowest BCUT2D eigenvalue weighted by molar-refractivity contribution is 0.0483. The van der Waals surface area contributed by atoms with Crippen LogP contribution in [0.4, 0.5) is 0 Å². The largest absolute Gasteiger partial charge is 0.467 e. The van der Waals surface area contributed by atoms with Crippen molar-refractivity contribution >= 4 is 15.9 Å². The summed E-state index contributed by atoms with van der Waals surface area (Å²) in [6.45, 7) is 1.87. The molecule has 78 valence electrons. The second-order valence-corrected chi connectivity index (χ2v) is 3.82. The molecule has 0 fully saturated rings. The Kier molecular flexibility index (Phi) is 4.38. The maximum atomic E-state index is 9.46. The van der Waals surface area contributed by atoms with E-state index in [1.807, 2.05) is 12.1 Å². The topological polar surface area (TPSA) is 38.7 Å². The average molecular weight is 261 g/mol. The highest BCUT2D eigenvalue weighted by atomic mass is 79.9. The molecule has 0 amide bonds. The number of halogens is 1. The van der Waals surface area contributed by atoms with Gasteiger partial charge in [0.05, 0.1) is 6.10 Å². The number of hydrogen-bond donors (Lipinski definition) is 1. The smallest absolute Gasteiger partial charge is 0.188 e. The molecule has 1 aromatic rings. The molecule has 0 aromatic heterocycles. The van der Waals surface area contributed by atoms with Gasteiger partial charge in [-0.05, 0) is 19.1 Å². The Bertz CT molecular complexity index is 299. The number of aliphatic hydroxyl groups excluding tert-OH is 1. The van der Waals surface area contributed by atoms with E-state index in [9.17, 15) is 5.11 Å². The van der Waals surface area contributed by atoms with Gasteiger partial charge in [-0.15, -0.1) is 0 Å². The fourth-order valence-electron chi connectivity index (χ4n) is 1.10. The maximum absolute atomic E-state index is 9.46. The second kappa shape index (κ2) is 5.34. The number of methoxy groups -OCH3 is 1. The highest BCUT2D eigenvalue weighted by Crippen LogP contribution is 2.28. The van der Waals surface area contributed by atoms with E-state index in [2.05, 4.69) is 15.9 Å². The van der Waals surface area contributed by atoms with Gasteiger partial charge in [-0.25, -0.2) is 0 Å². The zero-order valence-electron chi connectivity index (χ0n) is 8.16. The zero-order valence-corrected chi connectivity index (χ0v) is 9.74. The molecule has 0 aliphatic heterocycles. The Morgan fingerprint density at radius 1 is 1.50 bits per heavy atom. The van der Waals surface area contributed by atoms with Gasteiger partial charge in [0, 0.05) is 17.1 Å². The Labute approximate surface area is 91.8 Å². The molecule has 0 bridgehead atoms. The monoisotopic (exact) mass is 260 g/mol. The van der Waals surface area contributed by atoms with Gasteiger partial charge in [0.25, 0.3) is 0 Å². The van der Waals surface area contributed by atoms with Crippen LogP contribution in [0.25, 0.3) is 0 Å². The molecule has 1 atom stereocenters. The Balaban J connectivity index is 2.91. The third kappa shape index (κ3) is 2.97. The number of rotatable bonds is 4. The van der Waals surface area contributed by atoms with Crippen molar-refractivity contribution in [2.45, 2.75) is 13.0 Å². The summed E-state index contributed by atoms with van der Waals surface area (Å²) in [6.07, 6.45) is -0.546.